The zero-order chi connectivity index (χ0) is 20.7. The van der Waals surface area contributed by atoms with Crippen molar-refractivity contribution in [3.63, 3.8) is 0 Å². The van der Waals surface area contributed by atoms with Gasteiger partial charge in [0.05, 0.1) is 18.6 Å². The number of cyclic esters (lactones) is 1. The molecule has 1 aliphatic carbocycles. The highest BCUT2D eigenvalue weighted by Gasteiger charge is 2.55. The first-order valence-electron chi connectivity index (χ1n) is 10.2. The van der Waals surface area contributed by atoms with E-state index in [0.717, 1.165) is 24.1 Å². The summed E-state index contributed by atoms with van der Waals surface area (Å²) in [6.07, 6.45) is 1.70. The van der Waals surface area contributed by atoms with E-state index in [1.165, 1.54) is 0 Å². The third-order valence-corrected chi connectivity index (χ3v) is 5.56. The van der Waals surface area contributed by atoms with Crippen LogP contribution in [0.1, 0.15) is 25.3 Å². The first-order chi connectivity index (χ1) is 14.0. The summed E-state index contributed by atoms with van der Waals surface area (Å²) in [5.74, 6) is 0.110. The summed E-state index contributed by atoms with van der Waals surface area (Å²) in [6.45, 7) is 9.43. The third-order valence-electron chi connectivity index (χ3n) is 5.56. The number of hydrogen-bond acceptors (Lipinski definition) is 6. The van der Waals surface area contributed by atoms with E-state index in [0.29, 0.717) is 44.9 Å². The van der Waals surface area contributed by atoms with E-state index in [-0.39, 0.29) is 18.5 Å². The molecule has 0 spiro atoms. The Labute approximate surface area is 171 Å². The maximum Gasteiger partial charge on any atom is 0.411 e. The molecule has 1 aromatic rings. The first-order valence-corrected chi connectivity index (χ1v) is 10.2. The molecule has 7 heteroatoms. The molecule has 2 aliphatic rings. The summed E-state index contributed by atoms with van der Waals surface area (Å²) in [5.41, 5.74) is 2.35. The predicted octanol–water partition coefficient (Wildman–Crippen LogP) is 2.91. The van der Waals surface area contributed by atoms with Gasteiger partial charge in [0.25, 0.3) is 0 Å². The van der Waals surface area contributed by atoms with Gasteiger partial charge in [-0.1, -0.05) is 24.3 Å². The number of carbonyl (C=O) groups is 2. The summed E-state index contributed by atoms with van der Waals surface area (Å²) in [7, 11) is 0. The fraction of sp³-hybridized carbons (Fsp3) is 0.545. The Balaban J connectivity index is 1.44. The summed E-state index contributed by atoms with van der Waals surface area (Å²) < 4.78 is 15.7. The zero-order valence-electron chi connectivity index (χ0n) is 17.0. The van der Waals surface area contributed by atoms with Gasteiger partial charge in [0.1, 0.15) is 6.61 Å². The second-order valence-electron chi connectivity index (χ2n) is 7.66. The van der Waals surface area contributed by atoms with Crippen LogP contribution in [0.3, 0.4) is 0 Å². The van der Waals surface area contributed by atoms with Gasteiger partial charge in [-0.25, -0.2) is 4.79 Å². The number of nitrogens with one attached hydrogen (secondary N) is 2. The average molecular weight is 402 g/mol. The fourth-order valence-electron chi connectivity index (χ4n) is 4.12. The number of anilines is 1. The molecule has 158 valence electrons. The number of benzene rings is 1. The molecule has 1 saturated heterocycles. The lowest BCUT2D eigenvalue weighted by molar-refractivity contribution is -0.146. The highest BCUT2D eigenvalue weighted by molar-refractivity contribution is 5.84. The lowest BCUT2D eigenvalue weighted by Gasteiger charge is -2.24. The standard InChI is InChI=1S/C22H30N2O5/c1-3-27-10-8-23-9-11-28-21(26)24-19-6-4-17(5-7-19)14-22-13-16(2)12-18(22)15-29-20(22)25/h4-7,18,23H,2-3,8-15H2,1H3,(H,24,26). The van der Waals surface area contributed by atoms with Crippen LogP contribution in [0, 0.1) is 11.3 Å². The summed E-state index contributed by atoms with van der Waals surface area (Å²) in [5, 5.41) is 5.85. The van der Waals surface area contributed by atoms with E-state index in [4.69, 9.17) is 14.2 Å². The van der Waals surface area contributed by atoms with Crippen molar-refractivity contribution < 1.29 is 23.8 Å². The van der Waals surface area contributed by atoms with Gasteiger partial charge in [0.15, 0.2) is 0 Å². The van der Waals surface area contributed by atoms with Crippen LogP contribution in [0.4, 0.5) is 10.5 Å². The normalized spacial score (nSPS) is 23.0. The molecule has 1 aromatic carbocycles. The van der Waals surface area contributed by atoms with Crippen LogP contribution in [0.15, 0.2) is 36.4 Å². The highest BCUT2D eigenvalue weighted by atomic mass is 16.5. The quantitative estimate of drug-likeness (QED) is 0.356. The second kappa shape index (κ2) is 9.89. The van der Waals surface area contributed by atoms with Crippen molar-refractivity contribution in [1.82, 2.24) is 5.32 Å². The van der Waals surface area contributed by atoms with E-state index in [1.54, 1.807) is 0 Å². The minimum absolute atomic E-state index is 0.109. The Morgan fingerprint density at radius 2 is 2.03 bits per heavy atom. The van der Waals surface area contributed by atoms with Crippen molar-refractivity contribution >= 4 is 17.7 Å². The van der Waals surface area contributed by atoms with E-state index in [1.807, 2.05) is 31.2 Å². The molecule has 7 nitrogen and oxygen atoms in total. The first kappa shape index (κ1) is 21.3. The molecule has 1 saturated carbocycles. The molecule has 3 rings (SSSR count). The number of esters is 1. The Hall–Kier alpha value is -2.38. The molecule has 1 amide bonds. The molecule has 2 fully saturated rings. The summed E-state index contributed by atoms with van der Waals surface area (Å²) in [6, 6.07) is 7.52. The lowest BCUT2D eigenvalue weighted by Crippen LogP contribution is -2.31. The van der Waals surface area contributed by atoms with Crippen LogP contribution in [-0.2, 0) is 25.4 Å². The Bertz CT molecular complexity index is 733. The number of allylic oxidation sites excluding steroid dienone is 1. The minimum atomic E-state index is -0.491. The second-order valence-corrected chi connectivity index (χ2v) is 7.66. The van der Waals surface area contributed by atoms with Gasteiger partial charge in [-0.2, -0.15) is 0 Å². The Kier molecular flexibility index (Phi) is 7.28. The lowest BCUT2D eigenvalue weighted by atomic mass is 9.75. The van der Waals surface area contributed by atoms with Crippen LogP contribution in [0.25, 0.3) is 0 Å². The van der Waals surface area contributed by atoms with Gasteiger partial charge < -0.3 is 19.5 Å². The van der Waals surface area contributed by atoms with E-state index >= 15 is 0 Å². The third kappa shape index (κ3) is 5.36. The molecule has 2 N–H and O–H groups in total. The van der Waals surface area contributed by atoms with Crippen LogP contribution in [-0.4, -0.2) is 51.6 Å². The zero-order valence-corrected chi connectivity index (χ0v) is 17.0. The molecule has 29 heavy (non-hydrogen) atoms. The van der Waals surface area contributed by atoms with Gasteiger partial charge in [0, 0.05) is 31.3 Å². The summed E-state index contributed by atoms with van der Waals surface area (Å²) in [4.78, 5) is 24.3. The maximum absolute atomic E-state index is 12.4. The number of carbonyl (C=O) groups excluding carboxylic acids is 2. The molecule has 1 aliphatic heterocycles. The number of rotatable bonds is 10. The van der Waals surface area contributed by atoms with Crippen molar-refractivity contribution in [3.05, 3.63) is 42.0 Å². The van der Waals surface area contributed by atoms with Crippen molar-refractivity contribution in [2.24, 2.45) is 11.3 Å². The van der Waals surface area contributed by atoms with Gasteiger partial charge in [0.2, 0.25) is 0 Å². The molecule has 0 radical (unpaired) electrons. The van der Waals surface area contributed by atoms with Gasteiger partial charge >= 0.3 is 12.1 Å². The molecular weight excluding hydrogens is 372 g/mol. The number of ether oxygens (including phenoxy) is 3. The van der Waals surface area contributed by atoms with E-state index in [2.05, 4.69) is 17.2 Å². The number of hydrogen-bond donors (Lipinski definition) is 2. The molecule has 1 heterocycles. The van der Waals surface area contributed by atoms with Crippen molar-refractivity contribution in [1.29, 1.82) is 0 Å². The monoisotopic (exact) mass is 402 g/mol. The Morgan fingerprint density at radius 3 is 2.79 bits per heavy atom. The van der Waals surface area contributed by atoms with Crippen molar-refractivity contribution in [3.8, 4) is 0 Å². The van der Waals surface area contributed by atoms with E-state index < -0.39 is 11.5 Å². The van der Waals surface area contributed by atoms with Gasteiger partial charge in [-0.3, -0.25) is 10.1 Å². The largest absolute Gasteiger partial charge is 0.465 e. The SMILES string of the molecule is C=C1CC2COC(=O)C2(Cc2ccc(NC(=O)OCCNCCOCC)cc2)C1. The van der Waals surface area contributed by atoms with Crippen LogP contribution < -0.4 is 10.6 Å². The molecule has 0 aromatic heterocycles. The number of fused-ring (bicyclic) bond motifs is 1. The number of amides is 1. The van der Waals surface area contributed by atoms with Gasteiger partial charge in [-0.15, -0.1) is 0 Å². The predicted molar refractivity (Wildman–Crippen MR) is 110 cm³/mol. The molecule has 0 bridgehead atoms. The topological polar surface area (TPSA) is 85.9 Å². The smallest absolute Gasteiger partial charge is 0.411 e. The molecule has 2 unspecified atom stereocenters. The maximum atomic E-state index is 12.4. The highest BCUT2D eigenvalue weighted by Crippen LogP contribution is 2.52. The van der Waals surface area contributed by atoms with Crippen LogP contribution >= 0.6 is 0 Å². The minimum Gasteiger partial charge on any atom is -0.465 e. The van der Waals surface area contributed by atoms with E-state index in [9.17, 15) is 9.59 Å². The Morgan fingerprint density at radius 1 is 1.28 bits per heavy atom. The fourth-order valence-corrected chi connectivity index (χ4v) is 4.12. The van der Waals surface area contributed by atoms with Gasteiger partial charge in [-0.05, 0) is 43.9 Å². The molecular formula is C22H30N2O5. The average Bonchev–Trinajstić information content (AvgIpc) is 3.17. The summed E-state index contributed by atoms with van der Waals surface area (Å²) >= 11 is 0. The van der Waals surface area contributed by atoms with Crippen LogP contribution in [0.2, 0.25) is 0 Å². The van der Waals surface area contributed by atoms with Crippen molar-refractivity contribution in [2.75, 3.05) is 44.8 Å². The molecule has 2 atom stereocenters. The van der Waals surface area contributed by atoms with Crippen LogP contribution in [0.5, 0.6) is 0 Å². The van der Waals surface area contributed by atoms with Crippen molar-refractivity contribution in [2.45, 2.75) is 26.2 Å².